The van der Waals surface area contributed by atoms with Gasteiger partial charge in [-0.05, 0) is 43.6 Å². The van der Waals surface area contributed by atoms with E-state index in [4.69, 9.17) is 9.57 Å². The summed E-state index contributed by atoms with van der Waals surface area (Å²) in [5, 5.41) is 9.00. The summed E-state index contributed by atoms with van der Waals surface area (Å²) >= 11 is 0. The largest absolute Gasteiger partial charge is 0.464 e. The fraction of sp³-hybridized carbons (Fsp3) is 0.639. The van der Waals surface area contributed by atoms with Crippen molar-refractivity contribution in [1.82, 2.24) is 10.2 Å². The van der Waals surface area contributed by atoms with E-state index in [-0.39, 0.29) is 30.1 Å². The fourth-order valence-corrected chi connectivity index (χ4v) is 7.78. The van der Waals surface area contributed by atoms with Gasteiger partial charge in [-0.15, -0.1) is 6.58 Å². The number of oxime groups is 1. The van der Waals surface area contributed by atoms with Crippen molar-refractivity contribution in [1.29, 1.82) is 0 Å². The number of hydrogen-bond donors (Lipinski definition) is 2. The molecule has 5 rings (SSSR count). The van der Waals surface area contributed by atoms with Gasteiger partial charge in [0.25, 0.3) is 0 Å². The van der Waals surface area contributed by atoms with Gasteiger partial charge in [0.2, 0.25) is 17.4 Å². The van der Waals surface area contributed by atoms with Gasteiger partial charge in [-0.25, -0.2) is 9.59 Å². The number of amides is 3. The molecule has 0 aromatic heterocycles. The number of nitrogens with zero attached hydrogens (tertiary/aromatic N) is 2. The maximum Gasteiger partial charge on any atom is 0.368 e. The van der Waals surface area contributed by atoms with Gasteiger partial charge < -0.3 is 19.8 Å². The van der Waals surface area contributed by atoms with E-state index in [9.17, 15) is 19.2 Å². The van der Waals surface area contributed by atoms with Gasteiger partial charge in [0.1, 0.15) is 6.04 Å². The number of quaternary nitrogens is 1. The Morgan fingerprint density at radius 2 is 1.91 bits per heavy atom. The van der Waals surface area contributed by atoms with Crippen molar-refractivity contribution in [2.75, 3.05) is 7.11 Å². The minimum atomic E-state index is -1.10. The molecule has 3 N–H and O–H groups in total. The number of hydrogen-bond acceptors (Lipinski definition) is 7. The number of carbonyl (C=O) groups excluding carboxylic acids is 4. The number of ether oxygens (including phenoxy) is 1. The van der Waals surface area contributed by atoms with Crippen LogP contribution in [-0.2, 0) is 28.8 Å². The normalized spacial score (nSPS) is 29.9. The van der Waals surface area contributed by atoms with E-state index in [1.807, 2.05) is 58.9 Å². The average molecular weight is 636 g/mol. The molecule has 6 atom stereocenters. The predicted octanol–water partition coefficient (Wildman–Crippen LogP) is 3.56. The molecule has 4 aliphatic rings. The summed E-state index contributed by atoms with van der Waals surface area (Å²) in [6.07, 6.45) is 8.59. The van der Waals surface area contributed by atoms with E-state index in [1.54, 1.807) is 11.0 Å². The first kappa shape index (κ1) is 33.8. The Morgan fingerprint density at radius 3 is 2.52 bits per heavy atom. The SMILES string of the molecule is C=C[C@@H]1C[C@]1([NH2+]C(=O)[C@@H]1C[C@]2(CC(c3cccc(C)c3)=NO2)C(C)N1C(=O)[C@@H](NC(=O)CC1CCCCC1)C(C)(C)C)C(=O)OC. The highest BCUT2D eigenvalue weighted by Gasteiger charge is 2.68. The van der Waals surface area contributed by atoms with Crippen molar-refractivity contribution in [2.24, 2.45) is 22.4 Å². The van der Waals surface area contributed by atoms with Crippen LogP contribution < -0.4 is 10.6 Å². The summed E-state index contributed by atoms with van der Waals surface area (Å²) < 4.78 is 5.08. The molecule has 1 unspecified atom stereocenters. The predicted molar refractivity (Wildman–Crippen MR) is 173 cm³/mol. The average Bonchev–Trinajstić information content (AvgIpc) is 3.42. The lowest BCUT2D eigenvalue weighted by molar-refractivity contribution is -0.612. The molecule has 1 aromatic rings. The molecule has 0 radical (unpaired) electrons. The molecule has 0 bridgehead atoms. The first-order chi connectivity index (χ1) is 21.7. The lowest BCUT2D eigenvalue weighted by atomic mass is 9.84. The zero-order chi connectivity index (χ0) is 33.4. The number of esters is 1. The second kappa shape index (κ2) is 12.9. The number of benzene rings is 1. The number of likely N-dealkylation sites (tertiary alicyclic amines) is 1. The molecule has 2 heterocycles. The fourth-order valence-electron chi connectivity index (χ4n) is 7.78. The summed E-state index contributed by atoms with van der Waals surface area (Å²) in [5.41, 5.74) is 0.0984. The van der Waals surface area contributed by atoms with Crippen LogP contribution in [-0.4, -0.2) is 70.7 Å². The molecule has 250 valence electrons. The summed E-state index contributed by atoms with van der Waals surface area (Å²) in [7, 11) is 1.31. The van der Waals surface area contributed by atoms with Crippen LogP contribution in [0, 0.1) is 24.2 Å². The monoisotopic (exact) mass is 635 g/mol. The zero-order valence-corrected chi connectivity index (χ0v) is 28.3. The molecule has 10 nitrogen and oxygen atoms in total. The highest BCUT2D eigenvalue weighted by molar-refractivity contribution is 6.02. The van der Waals surface area contributed by atoms with Crippen LogP contribution in [0.1, 0.15) is 96.6 Å². The van der Waals surface area contributed by atoms with Gasteiger partial charge in [-0.3, -0.25) is 14.9 Å². The highest BCUT2D eigenvalue weighted by Crippen LogP contribution is 2.45. The van der Waals surface area contributed by atoms with E-state index in [0.29, 0.717) is 25.2 Å². The minimum Gasteiger partial charge on any atom is -0.464 e. The Balaban J connectivity index is 1.44. The quantitative estimate of drug-likeness (QED) is 0.315. The Labute approximate surface area is 272 Å². The first-order valence-electron chi connectivity index (χ1n) is 16.8. The molecule has 1 aromatic carbocycles. The molecular formula is C36H51N4O6+. The number of nitrogens with one attached hydrogen (secondary N) is 1. The number of primary amides is 1. The van der Waals surface area contributed by atoms with E-state index in [0.717, 1.165) is 42.5 Å². The third-order valence-electron chi connectivity index (χ3n) is 10.7. The van der Waals surface area contributed by atoms with Crippen LogP contribution in [0.4, 0.5) is 0 Å². The van der Waals surface area contributed by atoms with Crippen LogP contribution in [0.2, 0.25) is 0 Å². The van der Waals surface area contributed by atoms with Gasteiger partial charge in [0.15, 0.2) is 11.6 Å². The van der Waals surface area contributed by atoms with Crippen LogP contribution in [0.15, 0.2) is 42.1 Å². The van der Waals surface area contributed by atoms with Crippen LogP contribution >= 0.6 is 0 Å². The van der Waals surface area contributed by atoms with Gasteiger partial charge in [0, 0.05) is 31.6 Å². The van der Waals surface area contributed by atoms with Crippen LogP contribution in [0.5, 0.6) is 0 Å². The Hall–Kier alpha value is -3.53. The molecule has 2 saturated carbocycles. The molecule has 3 fully saturated rings. The number of methoxy groups -OCH3 is 1. The van der Waals surface area contributed by atoms with Gasteiger partial charge in [0.05, 0.1) is 18.9 Å². The summed E-state index contributed by atoms with van der Waals surface area (Å²) in [6, 6.07) is 5.67. The second-order valence-corrected chi connectivity index (χ2v) is 15.1. The highest BCUT2D eigenvalue weighted by atomic mass is 16.7. The number of nitrogens with two attached hydrogens (primary N) is 1. The Morgan fingerprint density at radius 1 is 1.20 bits per heavy atom. The van der Waals surface area contributed by atoms with Crippen molar-refractivity contribution in [3.8, 4) is 0 Å². The number of carbonyl (C=O) groups is 4. The third kappa shape index (κ3) is 6.50. The van der Waals surface area contributed by atoms with E-state index >= 15 is 0 Å². The lowest BCUT2D eigenvalue weighted by Crippen LogP contribution is -3.00. The molecule has 2 aliphatic carbocycles. The summed E-state index contributed by atoms with van der Waals surface area (Å²) in [5.74, 6) is -1.22. The van der Waals surface area contributed by atoms with Crippen LogP contribution in [0.25, 0.3) is 0 Å². The summed E-state index contributed by atoms with van der Waals surface area (Å²) in [4.78, 5) is 63.0. The first-order valence-corrected chi connectivity index (χ1v) is 16.8. The molecule has 2 aliphatic heterocycles. The van der Waals surface area contributed by atoms with E-state index in [1.165, 1.54) is 18.8 Å². The third-order valence-corrected chi connectivity index (χ3v) is 10.7. The summed E-state index contributed by atoms with van der Waals surface area (Å²) in [6.45, 7) is 13.5. The molecular weight excluding hydrogens is 584 g/mol. The van der Waals surface area contributed by atoms with E-state index in [2.05, 4.69) is 17.1 Å². The number of aryl methyl sites for hydroxylation is 1. The van der Waals surface area contributed by atoms with Crippen LogP contribution in [0.3, 0.4) is 0 Å². The van der Waals surface area contributed by atoms with Crippen molar-refractivity contribution in [2.45, 2.75) is 122 Å². The Bertz CT molecular complexity index is 1410. The molecule has 1 saturated heterocycles. The minimum absolute atomic E-state index is 0.144. The number of rotatable bonds is 9. The molecule has 46 heavy (non-hydrogen) atoms. The topological polar surface area (TPSA) is 131 Å². The maximum atomic E-state index is 14.7. The smallest absolute Gasteiger partial charge is 0.368 e. The molecule has 10 heteroatoms. The standard InChI is InChI=1S/C36H50N4O6/c1-8-26-19-36(26,33(44)45-7)38-31(42)28-21-35(20-27(39-46-35)25-16-12-13-22(2)17-25)23(3)40(28)32(43)30(34(4,5)6)37-29(41)18-24-14-10-9-11-15-24/h8,12-13,16-17,23-24,26,28,30H,1,9-11,14-15,18-21H2,2-7H3,(H,37,41)(H,38,42)/p+1/t23?,26-,28+,30-,35-,36-/m1/s1. The lowest BCUT2D eigenvalue weighted by Gasteiger charge is -2.38. The Kier molecular flexibility index (Phi) is 9.51. The van der Waals surface area contributed by atoms with Crippen molar-refractivity contribution in [3.05, 3.63) is 48.0 Å². The van der Waals surface area contributed by atoms with E-state index < -0.39 is 40.6 Å². The zero-order valence-electron chi connectivity index (χ0n) is 28.3. The molecule has 1 spiro atoms. The van der Waals surface area contributed by atoms with Crippen molar-refractivity contribution < 1.29 is 34.1 Å². The maximum absolute atomic E-state index is 14.7. The van der Waals surface area contributed by atoms with Gasteiger partial charge >= 0.3 is 11.9 Å². The van der Waals surface area contributed by atoms with Gasteiger partial charge in [-0.1, -0.05) is 81.1 Å². The molecule has 3 amide bonds. The second-order valence-electron chi connectivity index (χ2n) is 15.1. The van der Waals surface area contributed by atoms with Crippen molar-refractivity contribution in [3.63, 3.8) is 0 Å². The van der Waals surface area contributed by atoms with Crippen molar-refractivity contribution >= 4 is 29.4 Å². The van der Waals surface area contributed by atoms with Gasteiger partial charge in [-0.2, -0.15) is 0 Å².